The molecule has 2 atom stereocenters. The highest BCUT2D eigenvalue weighted by Gasteiger charge is 2.19. The van der Waals surface area contributed by atoms with E-state index in [0.29, 0.717) is 5.92 Å². The summed E-state index contributed by atoms with van der Waals surface area (Å²) in [6, 6.07) is 17.2. The van der Waals surface area contributed by atoms with Crippen LogP contribution in [0.4, 0.5) is 0 Å². The second kappa shape index (κ2) is 6.67. The molecule has 1 aliphatic carbocycles. The van der Waals surface area contributed by atoms with E-state index in [9.17, 15) is 5.11 Å². The summed E-state index contributed by atoms with van der Waals surface area (Å²) in [7, 11) is 0. The Morgan fingerprint density at radius 2 is 1.90 bits per heavy atom. The average molecular weight is 298 g/mol. The van der Waals surface area contributed by atoms with Gasteiger partial charge in [-0.05, 0) is 60.9 Å². The van der Waals surface area contributed by atoms with Crippen molar-refractivity contribution in [1.82, 2.24) is 0 Å². The summed E-state index contributed by atoms with van der Waals surface area (Å²) in [6.07, 6.45) is 3.47. The lowest BCUT2D eigenvalue weighted by Gasteiger charge is -2.25. The molecule has 2 aromatic carbocycles. The highest BCUT2D eigenvalue weighted by Crippen LogP contribution is 2.35. The molecule has 2 heteroatoms. The first-order chi connectivity index (χ1) is 10.2. The first kappa shape index (κ1) is 14.7. The van der Waals surface area contributed by atoms with Gasteiger partial charge in [0.25, 0.3) is 0 Å². The second-order valence-corrected chi connectivity index (χ2v) is 6.94. The van der Waals surface area contributed by atoms with Gasteiger partial charge < -0.3 is 5.11 Å². The Balaban J connectivity index is 1.66. The number of hydrogen-bond donors (Lipinski definition) is 1. The van der Waals surface area contributed by atoms with E-state index < -0.39 is 0 Å². The summed E-state index contributed by atoms with van der Waals surface area (Å²) in [6.45, 7) is 1.81. The Hall–Kier alpha value is -1.25. The molecule has 0 radical (unpaired) electrons. The molecule has 0 heterocycles. The Labute approximate surface area is 131 Å². The Kier molecular flexibility index (Phi) is 4.67. The van der Waals surface area contributed by atoms with Crippen LogP contribution in [-0.2, 0) is 6.42 Å². The van der Waals surface area contributed by atoms with Gasteiger partial charge in [-0.25, -0.2) is 0 Å². The van der Waals surface area contributed by atoms with Crippen molar-refractivity contribution in [3.8, 4) is 0 Å². The van der Waals surface area contributed by atoms with E-state index in [0.717, 1.165) is 11.3 Å². The van der Waals surface area contributed by atoms with Crippen LogP contribution in [0.3, 0.4) is 0 Å². The van der Waals surface area contributed by atoms with Crippen LogP contribution in [0.2, 0.25) is 0 Å². The van der Waals surface area contributed by atoms with E-state index in [-0.39, 0.29) is 6.10 Å². The minimum atomic E-state index is -0.380. The Bertz CT molecular complexity index is 589. The maximum absolute atomic E-state index is 9.55. The zero-order valence-electron chi connectivity index (χ0n) is 12.5. The lowest BCUT2D eigenvalue weighted by molar-refractivity contribution is 0.199. The molecule has 21 heavy (non-hydrogen) atoms. The average Bonchev–Trinajstić information content (AvgIpc) is 2.53. The molecular weight excluding hydrogens is 276 g/mol. The summed E-state index contributed by atoms with van der Waals surface area (Å²) in [5, 5.41) is 9.55. The molecule has 1 nitrogen and oxygen atoms in total. The van der Waals surface area contributed by atoms with Crippen LogP contribution in [-0.4, -0.2) is 10.9 Å². The minimum absolute atomic E-state index is 0.380. The molecule has 110 valence electrons. The van der Waals surface area contributed by atoms with Crippen molar-refractivity contribution in [3.63, 3.8) is 0 Å². The molecule has 1 aliphatic rings. The van der Waals surface area contributed by atoms with Crippen molar-refractivity contribution in [1.29, 1.82) is 0 Å². The maximum atomic E-state index is 9.55. The van der Waals surface area contributed by atoms with E-state index in [1.807, 2.05) is 23.9 Å². The van der Waals surface area contributed by atoms with Crippen LogP contribution in [0.5, 0.6) is 0 Å². The molecule has 0 fully saturated rings. The smallest absolute Gasteiger partial charge is 0.0761 e. The van der Waals surface area contributed by atoms with Crippen LogP contribution < -0.4 is 0 Å². The van der Waals surface area contributed by atoms with Crippen LogP contribution in [0.15, 0.2) is 53.4 Å². The van der Waals surface area contributed by atoms with Gasteiger partial charge in [-0.15, -0.1) is 11.8 Å². The quantitative estimate of drug-likeness (QED) is 0.806. The van der Waals surface area contributed by atoms with Gasteiger partial charge in [0.1, 0.15) is 0 Å². The molecule has 0 aliphatic heterocycles. The van der Waals surface area contributed by atoms with Gasteiger partial charge >= 0.3 is 0 Å². The second-order valence-electron chi connectivity index (χ2n) is 5.84. The molecule has 0 bridgehead atoms. The molecule has 0 saturated heterocycles. The fourth-order valence-electron chi connectivity index (χ4n) is 3.07. The van der Waals surface area contributed by atoms with Crippen molar-refractivity contribution in [2.75, 3.05) is 5.75 Å². The van der Waals surface area contributed by atoms with Gasteiger partial charge in [-0.1, -0.05) is 36.4 Å². The van der Waals surface area contributed by atoms with Crippen LogP contribution in [0, 0.1) is 0 Å². The first-order valence-corrected chi connectivity index (χ1v) is 8.71. The van der Waals surface area contributed by atoms with E-state index >= 15 is 0 Å². The maximum Gasteiger partial charge on any atom is 0.0761 e. The van der Waals surface area contributed by atoms with Crippen molar-refractivity contribution < 1.29 is 5.11 Å². The van der Waals surface area contributed by atoms with Gasteiger partial charge in [0.05, 0.1) is 6.10 Å². The number of fused-ring (bicyclic) bond motifs is 1. The summed E-state index contributed by atoms with van der Waals surface area (Å²) >= 11 is 1.93. The third-order valence-corrected chi connectivity index (χ3v) is 5.48. The van der Waals surface area contributed by atoms with Gasteiger partial charge in [0, 0.05) is 10.6 Å². The third-order valence-electron chi connectivity index (χ3n) is 4.31. The van der Waals surface area contributed by atoms with Crippen LogP contribution in [0.1, 0.15) is 48.5 Å². The number of aliphatic hydroxyl groups is 1. The Morgan fingerprint density at radius 3 is 2.67 bits per heavy atom. The fraction of sp³-hybridized carbons (Fsp3) is 0.368. The van der Waals surface area contributed by atoms with E-state index in [1.165, 1.54) is 24.2 Å². The van der Waals surface area contributed by atoms with Gasteiger partial charge in [-0.3, -0.25) is 0 Å². The molecule has 0 saturated carbocycles. The topological polar surface area (TPSA) is 20.2 Å². The number of hydrogen-bond acceptors (Lipinski definition) is 2. The van der Waals surface area contributed by atoms with Crippen LogP contribution >= 0.6 is 11.8 Å². The van der Waals surface area contributed by atoms with Gasteiger partial charge in [-0.2, -0.15) is 0 Å². The van der Waals surface area contributed by atoms with Crippen LogP contribution in [0.25, 0.3) is 0 Å². The molecule has 0 amide bonds. The van der Waals surface area contributed by atoms with Gasteiger partial charge in [0.15, 0.2) is 0 Å². The zero-order chi connectivity index (χ0) is 14.7. The highest BCUT2D eigenvalue weighted by atomic mass is 32.2. The van der Waals surface area contributed by atoms with Crippen molar-refractivity contribution >= 4 is 11.8 Å². The van der Waals surface area contributed by atoms with Gasteiger partial charge in [0.2, 0.25) is 0 Å². The SMILES string of the molecule is CC(O)c1ccc(SCC2CCCc3ccccc32)cc1. The zero-order valence-corrected chi connectivity index (χ0v) is 13.3. The standard InChI is InChI=1S/C19H22OS/c1-14(20)15-9-11-18(12-10-15)21-13-17-7-4-6-16-5-2-3-8-19(16)17/h2-3,5,8-12,14,17,20H,4,6-7,13H2,1H3. The first-order valence-electron chi connectivity index (χ1n) is 7.72. The minimum Gasteiger partial charge on any atom is -0.389 e. The summed E-state index contributed by atoms with van der Waals surface area (Å²) < 4.78 is 0. The normalized spacial score (nSPS) is 19.0. The number of rotatable bonds is 4. The lowest BCUT2D eigenvalue weighted by atomic mass is 9.84. The van der Waals surface area contributed by atoms with E-state index in [4.69, 9.17) is 0 Å². The predicted molar refractivity (Wildman–Crippen MR) is 89.9 cm³/mol. The number of thioether (sulfide) groups is 1. The Morgan fingerprint density at radius 1 is 1.14 bits per heavy atom. The largest absolute Gasteiger partial charge is 0.389 e. The molecule has 1 N–H and O–H groups in total. The molecular formula is C19H22OS. The van der Waals surface area contributed by atoms with E-state index in [1.54, 1.807) is 18.1 Å². The molecule has 3 rings (SSSR count). The molecule has 0 aromatic heterocycles. The molecule has 0 spiro atoms. The number of aryl methyl sites for hydroxylation is 1. The molecule has 2 unspecified atom stereocenters. The fourth-order valence-corrected chi connectivity index (χ4v) is 4.14. The van der Waals surface area contributed by atoms with Crippen molar-refractivity contribution in [2.24, 2.45) is 0 Å². The third kappa shape index (κ3) is 3.50. The van der Waals surface area contributed by atoms with Crippen molar-refractivity contribution in [3.05, 3.63) is 65.2 Å². The number of aliphatic hydroxyl groups excluding tert-OH is 1. The summed E-state index contributed by atoms with van der Waals surface area (Å²) in [5.41, 5.74) is 4.08. The van der Waals surface area contributed by atoms with E-state index in [2.05, 4.69) is 36.4 Å². The lowest BCUT2D eigenvalue weighted by Crippen LogP contribution is -2.11. The summed E-state index contributed by atoms with van der Waals surface area (Å²) in [4.78, 5) is 1.29. The molecule has 2 aromatic rings. The highest BCUT2D eigenvalue weighted by molar-refractivity contribution is 7.99. The monoisotopic (exact) mass is 298 g/mol. The summed E-state index contributed by atoms with van der Waals surface area (Å²) in [5.74, 6) is 1.82. The number of benzene rings is 2. The predicted octanol–water partition coefficient (Wildman–Crippen LogP) is 4.95. The van der Waals surface area contributed by atoms with Crippen molar-refractivity contribution in [2.45, 2.75) is 43.1 Å².